The van der Waals surface area contributed by atoms with Gasteiger partial charge in [-0.05, 0) is 42.1 Å². The van der Waals surface area contributed by atoms with E-state index in [1.807, 2.05) is 0 Å². The van der Waals surface area contributed by atoms with Gasteiger partial charge in [-0.1, -0.05) is 6.07 Å². The van der Waals surface area contributed by atoms with Gasteiger partial charge in [0, 0.05) is 17.2 Å². The number of ether oxygens (including phenoxy) is 2. The number of hydrogen-bond donors (Lipinski definition) is 0. The second-order valence-electron chi connectivity index (χ2n) is 6.19. The standard InChI is InChI=1S/C20H14F3N3O5S/c1-30-15-5-4-12(8-16(15)31-2)13-9-18(20(21,22)23)25-19(24-13)32-17-6-3-11(10-27)7-14(17)26(28)29/h3-10H,1-2H3. The van der Waals surface area contributed by atoms with Crippen molar-refractivity contribution in [3.05, 3.63) is 63.8 Å². The van der Waals surface area contributed by atoms with E-state index in [0.717, 1.165) is 12.1 Å². The number of carbonyl (C=O) groups is 1. The molecule has 0 unspecified atom stereocenters. The Kier molecular flexibility index (Phi) is 6.63. The van der Waals surface area contributed by atoms with Crippen LogP contribution in [0.5, 0.6) is 11.5 Å². The fourth-order valence-corrected chi connectivity index (χ4v) is 3.55. The first-order chi connectivity index (χ1) is 15.2. The Hall–Kier alpha value is -3.67. The van der Waals surface area contributed by atoms with Gasteiger partial charge in [-0.15, -0.1) is 0 Å². The van der Waals surface area contributed by atoms with Crippen LogP contribution in [-0.4, -0.2) is 35.4 Å². The van der Waals surface area contributed by atoms with E-state index in [1.54, 1.807) is 0 Å². The number of methoxy groups -OCH3 is 2. The summed E-state index contributed by atoms with van der Waals surface area (Å²) in [4.78, 5) is 29.2. The number of nitrogens with zero attached hydrogens (tertiary/aromatic N) is 3. The maximum absolute atomic E-state index is 13.5. The summed E-state index contributed by atoms with van der Waals surface area (Å²) in [7, 11) is 2.80. The quantitative estimate of drug-likeness (QED) is 0.207. The van der Waals surface area contributed by atoms with Gasteiger partial charge in [-0.2, -0.15) is 13.2 Å². The van der Waals surface area contributed by atoms with Crippen molar-refractivity contribution in [2.75, 3.05) is 14.2 Å². The second-order valence-corrected chi connectivity index (χ2v) is 7.20. The first kappa shape index (κ1) is 23.0. The average Bonchev–Trinajstić information content (AvgIpc) is 2.77. The summed E-state index contributed by atoms with van der Waals surface area (Å²) < 4.78 is 50.8. The first-order valence-corrected chi connectivity index (χ1v) is 9.58. The number of nitro groups is 1. The van der Waals surface area contributed by atoms with Gasteiger partial charge in [-0.3, -0.25) is 14.9 Å². The zero-order valence-corrected chi connectivity index (χ0v) is 17.4. The lowest BCUT2D eigenvalue weighted by atomic mass is 10.1. The molecule has 0 aliphatic rings. The fraction of sp³-hybridized carbons (Fsp3) is 0.150. The molecule has 0 bridgehead atoms. The Morgan fingerprint density at radius 2 is 1.75 bits per heavy atom. The highest BCUT2D eigenvalue weighted by molar-refractivity contribution is 7.99. The van der Waals surface area contributed by atoms with Crippen LogP contribution in [0, 0.1) is 10.1 Å². The SMILES string of the molecule is COc1ccc(-c2cc(C(F)(F)F)nc(Sc3ccc(C=O)cc3[N+](=O)[O-])n2)cc1OC. The van der Waals surface area contributed by atoms with Crippen LogP contribution in [0.1, 0.15) is 16.1 Å². The van der Waals surface area contributed by atoms with Crippen molar-refractivity contribution in [2.24, 2.45) is 0 Å². The summed E-state index contributed by atoms with van der Waals surface area (Å²) in [5.41, 5.74) is -1.39. The molecule has 0 radical (unpaired) electrons. The summed E-state index contributed by atoms with van der Waals surface area (Å²) in [6.45, 7) is 0. The molecule has 3 aromatic rings. The second kappa shape index (κ2) is 9.22. The van der Waals surface area contributed by atoms with Crippen molar-refractivity contribution in [1.82, 2.24) is 9.97 Å². The predicted molar refractivity (Wildman–Crippen MR) is 108 cm³/mol. The Morgan fingerprint density at radius 3 is 2.34 bits per heavy atom. The molecule has 0 fully saturated rings. The molecule has 0 spiro atoms. The topological polar surface area (TPSA) is 104 Å². The van der Waals surface area contributed by atoms with Crippen LogP contribution in [0.3, 0.4) is 0 Å². The number of rotatable bonds is 7. The number of benzene rings is 2. The lowest BCUT2D eigenvalue weighted by Crippen LogP contribution is -2.10. The molecule has 8 nitrogen and oxygen atoms in total. The van der Waals surface area contributed by atoms with Crippen molar-refractivity contribution in [3.63, 3.8) is 0 Å². The molecule has 12 heteroatoms. The van der Waals surface area contributed by atoms with Crippen molar-refractivity contribution in [1.29, 1.82) is 0 Å². The van der Waals surface area contributed by atoms with Gasteiger partial charge in [0.2, 0.25) is 0 Å². The van der Waals surface area contributed by atoms with Gasteiger partial charge in [-0.25, -0.2) is 9.97 Å². The minimum absolute atomic E-state index is 0.0156. The molecule has 0 N–H and O–H groups in total. The van der Waals surface area contributed by atoms with Crippen LogP contribution in [0.25, 0.3) is 11.3 Å². The van der Waals surface area contributed by atoms with Crippen molar-refractivity contribution >= 4 is 23.7 Å². The molecule has 3 rings (SSSR count). The van der Waals surface area contributed by atoms with Crippen LogP contribution >= 0.6 is 11.8 Å². The summed E-state index contributed by atoms with van der Waals surface area (Å²) in [5.74, 6) is 0.660. The summed E-state index contributed by atoms with van der Waals surface area (Å²) in [6.07, 6.45) is -4.35. The molecule has 0 atom stereocenters. The average molecular weight is 465 g/mol. The molecule has 0 aliphatic heterocycles. The Labute approximate surface area is 183 Å². The number of carbonyl (C=O) groups excluding carboxylic acids is 1. The largest absolute Gasteiger partial charge is 0.493 e. The predicted octanol–water partition coefficient (Wildman–Crippen LogP) is 5.05. The minimum Gasteiger partial charge on any atom is -0.493 e. The molecule has 0 saturated heterocycles. The van der Waals surface area contributed by atoms with Gasteiger partial charge in [0.15, 0.2) is 16.7 Å². The van der Waals surface area contributed by atoms with Crippen LogP contribution in [0.4, 0.5) is 18.9 Å². The molecular formula is C20H14F3N3O5S. The van der Waals surface area contributed by atoms with Crippen LogP contribution in [-0.2, 0) is 6.18 Å². The monoisotopic (exact) mass is 465 g/mol. The molecule has 0 amide bonds. The van der Waals surface area contributed by atoms with E-state index >= 15 is 0 Å². The van der Waals surface area contributed by atoms with E-state index in [2.05, 4.69) is 9.97 Å². The van der Waals surface area contributed by atoms with Gasteiger partial charge < -0.3 is 9.47 Å². The Bertz CT molecular complexity index is 1190. The summed E-state index contributed by atoms with van der Waals surface area (Å²) in [6, 6.07) is 8.83. The van der Waals surface area contributed by atoms with E-state index in [-0.39, 0.29) is 27.1 Å². The molecule has 2 aromatic carbocycles. The highest BCUT2D eigenvalue weighted by Gasteiger charge is 2.34. The third kappa shape index (κ3) is 4.97. The normalized spacial score (nSPS) is 11.2. The van der Waals surface area contributed by atoms with Crippen LogP contribution < -0.4 is 9.47 Å². The molecule has 0 saturated carbocycles. The van der Waals surface area contributed by atoms with Crippen molar-refractivity contribution in [3.8, 4) is 22.8 Å². The van der Waals surface area contributed by atoms with Crippen LogP contribution in [0.15, 0.2) is 52.5 Å². The molecule has 1 heterocycles. The highest BCUT2D eigenvalue weighted by atomic mass is 32.2. The third-order valence-corrected chi connectivity index (χ3v) is 5.12. The third-order valence-electron chi connectivity index (χ3n) is 4.19. The number of hydrogen-bond acceptors (Lipinski definition) is 8. The Balaban J connectivity index is 2.12. The van der Waals surface area contributed by atoms with Gasteiger partial charge in [0.25, 0.3) is 5.69 Å². The van der Waals surface area contributed by atoms with E-state index in [0.29, 0.717) is 29.4 Å². The lowest BCUT2D eigenvalue weighted by Gasteiger charge is -2.12. The zero-order chi connectivity index (χ0) is 23.5. The van der Waals surface area contributed by atoms with E-state index in [9.17, 15) is 28.1 Å². The van der Waals surface area contributed by atoms with Crippen molar-refractivity contribution in [2.45, 2.75) is 16.2 Å². The summed E-state index contributed by atoms with van der Waals surface area (Å²) in [5, 5.41) is 11.0. The zero-order valence-electron chi connectivity index (χ0n) is 16.5. The minimum atomic E-state index is -4.78. The number of nitro benzene ring substituents is 1. The molecule has 166 valence electrons. The van der Waals surface area contributed by atoms with E-state index in [1.165, 1.54) is 44.6 Å². The highest BCUT2D eigenvalue weighted by Crippen LogP contribution is 2.38. The number of aldehydes is 1. The molecule has 0 aliphatic carbocycles. The Morgan fingerprint density at radius 1 is 1.03 bits per heavy atom. The van der Waals surface area contributed by atoms with E-state index in [4.69, 9.17) is 9.47 Å². The first-order valence-electron chi connectivity index (χ1n) is 8.76. The lowest BCUT2D eigenvalue weighted by molar-refractivity contribution is -0.387. The fourth-order valence-electron chi connectivity index (χ4n) is 2.69. The van der Waals surface area contributed by atoms with E-state index < -0.39 is 22.5 Å². The number of halogens is 3. The number of aromatic nitrogens is 2. The van der Waals surface area contributed by atoms with Crippen LogP contribution in [0.2, 0.25) is 0 Å². The van der Waals surface area contributed by atoms with Gasteiger partial charge in [0.1, 0.15) is 12.0 Å². The van der Waals surface area contributed by atoms with Crippen molar-refractivity contribution < 1.29 is 32.4 Å². The number of alkyl halides is 3. The summed E-state index contributed by atoms with van der Waals surface area (Å²) >= 11 is 0.583. The molecule has 32 heavy (non-hydrogen) atoms. The maximum Gasteiger partial charge on any atom is 0.433 e. The van der Waals surface area contributed by atoms with Gasteiger partial charge >= 0.3 is 6.18 Å². The molecule has 1 aromatic heterocycles. The van der Waals surface area contributed by atoms with Gasteiger partial charge in [0.05, 0.1) is 29.7 Å². The maximum atomic E-state index is 13.5. The smallest absolute Gasteiger partial charge is 0.433 e. The molecular weight excluding hydrogens is 451 g/mol.